The molecule has 0 aromatic heterocycles. The Hall–Kier alpha value is -3.67. The molecule has 0 aliphatic carbocycles. The Bertz CT molecular complexity index is 1590. The first kappa shape index (κ1) is 78.3. The van der Waals surface area contributed by atoms with Crippen molar-refractivity contribution >= 4 is 17.9 Å². The lowest BCUT2D eigenvalue weighted by atomic mass is 10.0. The van der Waals surface area contributed by atoms with Gasteiger partial charge in [0.25, 0.3) is 0 Å². The number of ether oxygens (including phenoxy) is 3. The van der Waals surface area contributed by atoms with E-state index < -0.39 is 12.1 Å². The predicted molar refractivity (Wildman–Crippen MR) is 357 cm³/mol. The largest absolute Gasteiger partial charge is 0.462 e. The summed E-state index contributed by atoms with van der Waals surface area (Å²) in [5.74, 6) is -1.04. The van der Waals surface area contributed by atoms with E-state index in [2.05, 4.69) is 106 Å². The fourth-order valence-corrected chi connectivity index (χ4v) is 10.1. The number of rotatable bonds is 64. The van der Waals surface area contributed by atoms with Crippen molar-refractivity contribution < 1.29 is 28.6 Å². The van der Waals surface area contributed by atoms with Gasteiger partial charge in [-0.1, -0.05) is 343 Å². The molecule has 0 spiro atoms. The fraction of sp³-hybridized carbons (Fsp3) is 0.750. The predicted octanol–water partition coefficient (Wildman–Crippen LogP) is 24.4. The molecule has 0 radical (unpaired) electrons. The van der Waals surface area contributed by atoms with Crippen molar-refractivity contribution in [3.63, 3.8) is 0 Å². The molecule has 6 heteroatoms. The van der Waals surface area contributed by atoms with E-state index in [1.54, 1.807) is 6.08 Å². The minimum atomic E-state index is -0.826. The quantitative estimate of drug-likeness (QED) is 0.0261. The molecule has 0 aliphatic rings. The van der Waals surface area contributed by atoms with Crippen LogP contribution in [0.15, 0.2) is 97.2 Å². The second-order valence-corrected chi connectivity index (χ2v) is 23.4. The van der Waals surface area contributed by atoms with Crippen LogP contribution in [-0.2, 0) is 28.6 Å². The van der Waals surface area contributed by atoms with Gasteiger partial charge in [-0.3, -0.25) is 14.4 Å². The number of esters is 3. The Morgan fingerprint density at radius 3 is 0.854 bits per heavy atom. The highest BCUT2D eigenvalue weighted by Gasteiger charge is 2.19. The van der Waals surface area contributed by atoms with Crippen LogP contribution in [0.1, 0.15) is 348 Å². The summed E-state index contributed by atoms with van der Waals surface area (Å²) >= 11 is 0. The molecule has 0 bridgehead atoms. The second-order valence-electron chi connectivity index (χ2n) is 23.4. The maximum atomic E-state index is 12.9. The zero-order valence-corrected chi connectivity index (χ0v) is 54.2. The summed E-state index contributed by atoms with van der Waals surface area (Å²) in [7, 11) is 0. The Balaban J connectivity index is 4.34. The van der Waals surface area contributed by atoms with E-state index in [0.717, 1.165) is 96.3 Å². The number of allylic oxidation sites excluding steroid dienone is 15. The van der Waals surface area contributed by atoms with E-state index in [-0.39, 0.29) is 31.6 Å². The summed E-state index contributed by atoms with van der Waals surface area (Å²) < 4.78 is 16.9. The topological polar surface area (TPSA) is 78.9 Å². The van der Waals surface area contributed by atoms with Crippen molar-refractivity contribution in [3.8, 4) is 0 Å². The lowest BCUT2D eigenvalue weighted by molar-refractivity contribution is -0.166. The molecule has 0 aliphatic heterocycles. The normalized spacial score (nSPS) is 12.7. The van der Waals surface area contributed by atoms with Crippen LogP contribution in [0.5, 0.6) is 0 Å². The summed E-state index contributed by atoms with van der Waals surface area (Å²) in [6.07, 6.45) is 94.7. The number of unbranched alkanes of at least 4 members (excludes halogenated alkanes) is 38. The molecule has 0 amide bonds. The van der Waals surface area contributed by atoms with E-state index in [1.807, 2.05) is 6.08 Å². The summed E-state index contributed by atoms with van der Waals surface area (Å²) in [6, 6.07) is 0. The van der Waals surface area contributed by atoms with Gasteiger partial charge in [0.15, 0.2) is 6.10 Å². The number of carbonyl (C=O) groups excluding carboxylic acids is 3. The average Bonchev–Trinajstić information content (AvgIpc) is 3.47. The summed E-state index contributed by atoms with van der Waals surface area (Å²) in [6.45, 7) is 6.46. The molecule has 0 heterocycles. The molecular formula is C76H132O6. The van der Waals surface area contributed by atoms with Gasteiger partial charge in [0.1, 0.15) is 13.2 Å². The molecule has 472 valence electrons. The van der Waals surface area contributed by atoms with Crippen molar-refractivity contribution in [3.05, 3.63) is 97.2 Å². The first-order chi connectivity index (χ1) is 40.5. The van der Waals surface area contributed by atoms with Crippen LogP contribution in [0.25, 0.3) is 0 Å². The van der Waals surface area contributed by atoms with Crippen LogP contribution in [0.2, 0.25) is 0 Å². The molecule has 82 heavy (non-hydrogen) atoms. The van der Waals surface area contributed by atoms with Gasteiger partial charge in [0.05, 0.1) is 6.42 Å². The monoisotopic (exact) mass is 1140 g/mol. The SMILES string of the molecule is CC/C=C\C/C=C\C/C=C\C/C=C\C/C=C\CC(=O)OCC(COC(=O)CCCCCCCCCCCCCCCCCCCCCCCCCCCCCC)OC(=O)CCCCCCCC/C=C\C/C=C\C/C=C\CCCCCCC. The third kappa shape index (κ3) is 67.1. The lowest BCUT2D eigenvalue weighted by Gasteiger charge is -2.18. The van der Waals surface area contributed by atoms with Crippen molar-refractivity contribution in [2.75, 3.05) is 13.2 Å². The van der Waals surface area contributed by atoms with Crippen molar-refractivity contribution in [1.29, 1.82) is 0 Å². The van der Waals surface area contributed by atoms with Gasteiger partial charge in [-0.05, 0) is 83.5 Å². The maximum absolute atomic E-state index is 12.9. The number of hydrogen-bond acceptors (Lipinski definition) is 6. The second kappa shape index (κ2) is 69.8. The molecule has 1 atom stereocenters. The van der Waals surface area contributed by atoms with Crippen molar-refractivity contribution in [1.82, 2.24) is 0 Å². The minimum Gasteiger partial charge on any atom is -0.462 e. The van der Waals surface area contributed by atoms with Gasteiger partial charge in [-0.25, -0.2) is 0 Å². The van der Waals surface area contributed by atoms with Gasteiger partial charge in [-0.15, -0.1) is 0 Å². The van der Waals surface area contributed by atoms with Crippen LogP contribution in [0.4, 0.5) is 0 Å². The van der Waals surface area contributed by atoms with E-state index in [0.29, 0.717) is 12.8 Å². The molecule has 0 fully saturated rings. The summed E-state index contributed by atoms with van der Waals surface area (Å²) in [5.41, 5.74) is 0. The Kier molecular flexibility index (Phi) is 66.7. The average molecular weight is 1140 g/mol. The molecule has 0 aromatic carbocycles. The smallest absolute Gasteiger partial charge is 0.309 e. The standard InChI is InChI=1S/C76H132O6/c1-4-7-10-13-16-19-22-25-28-30-32-34-35-36-37-38-39-40-42-43-45-48-51-54-57-60-63-66-69-75(78)81-72-73(71-80-74(77)68-65-62-59-56-53-50-47-27-24-21-18-15-12-9-6-3)82-76(79)70-67-64-61-58-55-52-49-46-44-41-33-31-29-26-23-20-17-14-11-8-5-2/h9,12,18,21,23,26-27,31,33,44,46-47,53,56,62,65,73H,4-8,10-11,13-17,19-20,22,24-25,28-30,32,34-43,45,48-52,54-55,57-61,63-64,66-72H2,1-3H3/b12-9-,21-18-,26-23-,33-31-,46-44-,47-27-,56-53-,65-62-. The first-order valence-electron chi connectivity index (χ1n) is 35.2. The van der Waals surface area contributed by atoms with E-state index in [9.17, 15) is 14.4 Å². The molecule has 6 nitrogen and oxygen atoms in total. The molecular weight excluding hydrogens is 1010 g/mol. The van der Waals surface area contributed by atoms with E-state index >= 15 is 0 Å². The van der Waals surface area contributed by atoms with Crippen molar-refractivity contribution in [2.24, 2.45) is 0 Å². The van der Waals surface area contributed by atoms with Gasteiger partial charge in [0.2, 0.25) is 0 Å². The van der Waals surface area contributed by atoms with Gasteiger partial charge >= 0.3 is 17.9 Å². The molecule has 0 saturated heterocycles. The molecule has 1 unspecified atom stereocenters. The van der Waals surface area contributed by atoms with E-state index in [4.69, 9.17) is 14.2 Å². The highest BCUT2D eigenvalue weighted by atomic mass is 16.6. The lowest BCUT2D eigenvalue weighted by Crippen LogP contribution is -2.30. The van der Waals surface area contributed by atoms with Crippen LogP contribution in [-0.4, -0.2) is 37.2 Å². The number of hydrogen-bond donors (Lipinski definition) is 0. The fourth-order valence-electron chi connectivity index (χ4n) is 10.1. The Morgan fingerprint density at radius 1 is 0.268 bits per heavy atom. The first-order valence-corrected chi connectivity index (χ1v) is 35.2. The highest BCUT2D eigenvalue weighted by Crippen LogP contribution is 2.18. The molecule has 0 aromatic rings. The van der Waals surface area contributed by atoms with Crippen molar-refractivity contribution in [2.45, 2.75) is 354 Å². The highest BCUT2D eigenvalue weighted by molar-refractivity contribution is 5.72. The zero-order chi connectivity index (χ0) is 59.2. The Morgan fingerprint density at radius 2 is 0.524 bits per heavy atom. The van der Waals surface area contributed by atoms with Crippen LogP contribution in [0.3, 0.4) is 0 Å². The van der Waals surface area contributed by atoms with Gasteiger partial charge in [-0.2, -0.15) is 0 Å². The third-order valence-corrected chi connectivity index (χ3v) is 15.4. The van der Waals surface area contributed by atoms with E-state index in [1.165, 1.54) is 212 Å². The molecule has 0 rings (SSSR count). The van der Waals surface area contributed by atoms with Crippen LogP contribution >= 0.6 is 0 Å². The van der Waals surface area contributed by atoms with Gasteiger partial charge in [0, 0.05) is 12.8 Å². The van der Waals surface area contributed by atoms with Gasteiger partial charge < -0.3 is 14.2 Å². The summed E-state index contributed by atoms with van der Waals surface area (Å²) in [4.78, 5) is 38.3. The Labute approximate surface area is 508 Å². The third-order valence-electron chi connectivity index (χ3n) is 15.4. The minimum absolute atomic E-state index is 0.111. The zero-order valence-electron chi connectivity index (χ0n) is 54.2. The molecule has 0 saturated carbocycles. The maximum Gasteiger partial charge on any atom is 0.309 e. The molecule has 0 N–H and O–H groups in total. The van der Waals surface area contributed by atoms with Crippen LogP contribution < -0.4 is 0 Å². The summed E-state index contributed by atoms with van der Waals surface area (Å²) in [5, 5.41) is 0. The number of carbonyl (C=O) groups is 3. The van der Waals surface area contributed by atoms with Crippen LogP contribution in [0, 0.1) is 0 Å².